The third-order valence-corrected chi connectivity index (χ3v) is 5.39. The molecule has 1 heterocycles. The Morgan fingerprint density at radius 2 is 2.18 bits per heavy atom. The number of hydrogen-bond acceptors (Lipinski definition) is 2. The van der Waals surface area contributed by atoms with Gasteiger partial charge in [-0.25, -0.2) is 0 Å². The minimum atomic E-state index is -0.128. The fourth-order valence-electron chi connectivity index (χ4n) is 3.74. The van der Waals surface area contributed by atoms with Crippen LogP contribution in [0.15, 0.2) is 24.3 Å². The van der Waals surface area contributed by atoms with E-state index in [9.17, 15) is 4.79 Å². The maximum Gasteiger partial charge on any atom is 0.226 e. The third kappa shape index (κ3) is 3.35. The molecule has 1 aromatic carbocycles. The molecule has 2 fully saturated rings. The van der Waals surface area contributed by atoms with Crippen LogP contribution in [0, 0.1) is 18.3 Å². The third-order valence-electron chi connectivity index (χ3n) is 5.39. The molecule has 0 spiro atoms. The summed E-state index contributed by atoms with van der Waals surface area (Å²) in [5, 5.41) is 3.36. The number of nitrogens with zero attached hydrogens (tertiary/aromatic N) is 1. The molecule has 1 amide bonds. The van der Waals surface area contributed by atoms with Crippen molar-refractivity contribution in [2.75, 3.05) is 20.1 Å². The van der Waals surface area contributed by atoms with Crippen LogP contribution in [-0.2, 0) is 11.2 Å². The molecule has 120 valence electrons. The van der Waals surface area contributed by atoms with Gasteiger partial charge in [-0.2, -0.15) is 0 Å². The Bertz CT molecular complexity index is 550. The molecule has 2 aliphatic rings. The molecule has 1 saturated heterocycles. The number of likely N-dealkylation sites (tertiary alicyclic amines) is 1. The number of aryl methyl sites for hydroxylation is 1. The van der Waals surface area contributed by atoms with Crippen molar-refractivity contribution in [3.8, 4) is 0 Å². The lowest BCUT2D eigenvalue weighted by atomic mass is 9.91. The number of hydrogen-bond donors (Lipinski definition) is 1. The first-order valence-electron chi connectivity index (χ1n) is 8.54. The normalized spacial score (nSPS) is 27.4. The van der Waals surface area contributed by atoms with Crippen LogP contribution in [0.1, 0.15) is 37.3 Å². The van der Waals surface area contributed by atoms with Crippen molar-refractivity contribution in [1.82, 2.24) is 10.2 Å². The van der Waals surface area contributed by atoms with Gasteiger partial charge in [0.15, 0.2) is 0 Å². The van der Waals surface area contributed by atoms with Crippen LogP contribution in [0.25, 0.3) is 0 Å². The zero-order valence-corrected chi connectivity index (χ0v) is 14.1. The van der Waals surface area contributed by atoms with Crippen LogP contribution in [0.5, 0.6) is 0 Å². The van der Waals surface area contributed by atoms with Crippen molar-refractivity contribution in [1.29, 1.82) is 0 Å². The highest BCUT2D eigenvalue weighted by Gasteiger charge is 2.50. The minimum Gasteiger partial charge on any atom is -0.353 e. The summed E-state index contributed by atoms with van der Waals surface area (Å²) in [6.07, 6.45) is 4.03. The lowest BCUT2D eigenvalue weighted by molar-refractivity contribution is -0.127. The molecule has 0 radical (unpaired) electrons. The fraction of sp³-hybridized carbons (Fsp3) is 0.632. The lowest BCUT2D eigenvalue weighted by Gasteiger charge is -2.36. The van der Waals surface area contributed by atoms with Gasteiger partial charge in [-0.05, 0) is 57.7 Å². The van der Waals surface area contributed by atoms with E-state index >= 15 is 0 Å². The lowest BCUT2D eigenvalue weighted by Crippen LogP contribution is -2.50. The molecule has 1 N–H and O–H groups in total. The predicted octanol–water partition coefficient (Wildman–Crippen LogP) is 2.77. The highest BCUT2D eigenvalue weighted by atomic mass is 16.2. The summed E-state index contributed by atoms with van der Waals surface area (Å²) in [6, 6.07) is 8.92. The van der Waals surface area contributed by atoms with Crippen molar-refractivity contribution in [3.63, 3.8) is 0 Å². The maximum atomic E-state index is 12.8. The first-order valence-corrected chi connectivity index (χ1v) is 8.54. The summed E-state index contributed by atoms with van der Waals surface area (Å²) < 4.78 is 0. The summed E-state index contributed by atoms with van der Waals surface area (Å²) in [6.45, 7) is 6.53. The van der Waals surface area contributed by atoms with Gasteiger partial charge < -0.3 is 10.2 Å². The van der Waals surface area contributed by atoms with Crippen molar-refractivity contribution < 1.29 is 4.79 Å². The van der Waals surface area contributed by atoms with Crippen molar-refractivity contribution in [2.24, 2.45) is 11.3 Å². The first kappa shape index (κ1) is 15.5. The van der Waals surface area contributed by atoms with Gasteiger partial charge in [0.25, 0.3) is 0 Å². The molecule has 1 saturated carbocycles. The first-order chi connectivity index (χ1) is 10.5. The van der Waals surface area contributed by atoms with Crippen LogP contribution in [-0.4, -0.2) is 37.0 Å². The van der Waals surface area contributed by atoms with Crippen LogP contribution in [0.4, 0.5) is 0 Å². The van der Waals surface area contributed by atoms with Gasteiger partial charge in [0, 0.05) is 12.6 Å². The van der Waals surface area contributed by atoms with Gasteiger partial charge >= 0.3 is 0 Å². The van der Waals surface area contributed by atoms with E-state index in [1.807, 2.05) is 0 Å². The topological polar surface area (TPSA) is 32.3 Å². The van der Waals surface area contributed by atoms with Gasteiger partial charge in [0.2, 0.25) is 5.91 Å². The molecular weight excluding hydrogens is 272 g/mol. The van der Waals surface area contributed by atoms with Crippen molar-refractivity contribution in [3.05, 3.63) is 35.4 Å². The van der Waals surface area contributed by atoms with Crippen LogP contribution in [0.2, 0.25) is 0 Å². The average Bonchev–Trinajstić information content (AvgIpc) is 3.23. The fourth-order valence-corrected chi connectivity index (χ4v) is 3.74. The maximum absolute atomic E-state index is 12.8. The van der Waals surface area contributed by atoms with E-state index in [2.05, 4.69) is 55.4 Å². The minimum absolute atomic E-state index is 0.128. The van der Waals surface area contributed by atoms with Gasteiger partial charge in [-0.3, -0.25) is 4.79 Å². The highest BCUT2D eigenvalue weighted by Crippen LogP contribution is 2.49. The molecule has 0 aromatic heterocycles. The predicted molar refractivity (Wildman–Crippen MR) is 89.8 cm³/mol. The molecule has 0 bridgehead atoms. The number of carbonyl (C=O) groups excluding carboxylic acids is 1. The zero-order valence-electron chi connectivity index (χ0n) is 14.1. The molecule has 3 heteroatoms. The molecule has 2 atom stereocenters. The second-order valence-corrected chi connectivity index (χ2v) is 7.55. The number of piperidine rings is 1. The van der Waals surface area contributed by atoms with Crippen LogP contribution >= 0.6 is 0 Å². The largest absolute Gasteiger partial charge is 0.353 e. The van der Waals surface area contributed by atoms with Crippen molar-refractivity contribution >= 4 is 5.91 Å². The van der Waals surface area contributed by atoms with Crippen molar-refractivity contribution in [2.45, 2.75) is 45.6 Å². The molecular formula is C19H28N2O. The zero-order chi connectivity index (χ0) is 15.7. The smallest absolute Gasteiger partial charge is 0.226 e. The number of rotatable bonds is 4. The Morgan fingerprint density at radius 1 is 1.41 bits per heavy atom. The summed E-state index contributed by atoms with van der Waals surface area (Å²) in [7, 11) is 2.16. The monoisotopic (exact) mass is 300 g/mol. The Labute approximate surface area is 134 Å². The average molecular weight is 300 g/mol. The van der Waals surface area contributed by atoms with E-state index in [-0.39, 0.29) is 11.3 Å². The molecule has 22 heavy (non-hydrogen) atoms. The van der Waals surface area contributed by atoms with E-state index in [4.69, 9.17) is 0 Å². The molecule has 1 aliphatic heterocycles. The van der Waals surface area contributed by atoms with E-state index in [0.717, 1.165) is 38.8 Å². The molecule has 1 aliphatic carbocycles. The summed E-state index contributed by atoms with van der Waals surface area (Å²) in [4.78, 5) is 15.1. The van der Waals surface area contributed by atoms with Crippen LogP contribution in [0.3, 0.4) is 0 Å². The number of amides is 1. The van der Waals surface area contributed by atoms with E-state index < -0.39 is 0 Å². The highest BCUT2D eigenvalue weighted by molar-refractivity contribution is 5.86. The number of carbonyl (C=O) groups is 1. The van der Waals surface area contributed by atoms with Crippen LogP contribution < -0.4 is 5.32 Å². The summed E-state index contributed by atoms with van der Waals surface area (Å²) in [5.41, 5.74) is 2.44. The van der Waals surface area contributed by atoms with Gasteiger partial charge in [0.05, 0.1) is 5.41 Å². The van der Waals surface area contributed by atoms with E-state index in [0.29, 0.717) is 12.0 Å². The SMILES string of the molecule is Cc1cccc(CC2(C(=O)N[C@H]3CCN(C)CC3C)CC2)c1. The van der Waals surface area contributed by atoms with E-state index in [1.165, 1.54) is 11.1 Å². The Kier molecular flexibility index (Phi) is 4.26. The molecule has 1 unspecified atom stereocenters. The summed E-state index contributed by atoms with van der Waals surface area (Å²) in [5.74, 6) is 0.827. The van der Waals surface area contributed by atoms with Gasteiger partial charge in [0.1, 0.15) is 0 Å². The quantitative estimate of drug-likeness (QED) is 0.927. The Balaban J connectivity index is 1.62. The second kappa shape index (κ2) is 6.04. The molecule has 3 rings (SSSR count). The van der Waals surface area contributed by atoms with Gasteiger partial charge in [-0.15, -0.1) is 0 Å². The molecule has 1 aromatic rings. The van der Waals surface area contributed by atoms with E-state index in [1.54, 1.807) is 0 Å². The van der Waals surface area contributed by atoms with Gasteiger partial charge in [-0.1, -0.05) is 36.8 Å². The Hall–Kier alpha value is -1.35. The number of benzene rings is 1. The Morgan fingerprint density at radius 3 is 2.82 bits per heavy atom. The number of nitrogens with one attached hydrogen (secondary N) is 1. The standard InChI is InChI=1S/C19H28N2O/c1-14-5-4-6-16(11-14)12-19(8-9-19)18(22)20-17-7-10-21(3)13-15(17)2/h4-6,11,15,17H,7-10,12-13H2,1-3H3,(H,20,22)/t15?,17-/m0/s1. The second-order valence-electron chi connectivity index (χ2n) is 7.55. The summed E-state index contributed by atoms with van der Waals surface area (Å²) >= 11 is 0. The molecule has 3 nitrogen and oxygen atoms in total.